The van der Waals surface area contributed by atoms with Gasteiger partial charge < -0.3 is 10.1 Å². The fraction of sp³-hybridized carbons (Fsp3) is 0.324. The number of nitrogens with one attached hydrogen (secondary N) is 2. The van der Waals surface area contributed by atoms with E-state index in [1.54, 1.807) is 18.2 Å². The highest BCUT2D eigenvalue weighted by molar-refractivity contribution is 7.89. The smallest absolute Gasteiger partial charge is 0.241 e. The number of rotatable bonds is 9. The van der Waals surface area contributed by atoms with Gasteiger partial charge in [-0.2, -0.15) is 0 Å². The van der Waals surface area contributed by atoms with Crippen molar-refractivity contribution in [2.24, 2.45) is 0 Å². The first-order chi connectivity index (χ1) is 20.4. The number of hydrogen-bond donors (Lipinski definition) is 2. The number of ether oxygens (including phenoxy) is 1. The van der Waals surface area contributed by atoms with E-state index in [2.05, 4.69) is 33.1 Å². The average molecular weight is 584 g/mol. The molecule has 0 radical (unpaired) electrons. The van der Waals surface area contributed by atoms with Crippen molar-refractivity contribution in [1.29, 1.82) is 0 Å². The van der Waals surface area contributed by atoms with Crippen LogP contribution in [0.5, 0.6) is 5.75 Å². The zero-order valence-electron chi connectivity index (χ0n) is 23.7. The van der Waals surface area contributed by atoms with Crippen molar-refractivity contribution in [3.8, 4) is 5.75 Å². The summed E-state index contributed by atoms with van der Waals surface area (Å²) in [4.78, 5) is 16.1. The molecule has 1 saturated heterocycles. The molecule has 1 fully saturated rings. The Morgan fingerprint density at radius 1 is 0.881 bits per heavy atom. The van der Waals surface area contributed by atoms with E-state index in [0.717, 1.165) is 47.3 Å². The van der Waals surface area contributed by atoms with E-state index in [-0.39, 0.29) is 23.3 Å². The van der Waals surface area contributed by atoms with E-state index >= 15 is 0 Å². The number of benzene rings is 4. The number of likely N-dealkylation sites (tertiary alicyclic amines) is 1. The van der Waals surface area contributed by atoms with Gasteiger partial charge in [0.05, 0.1) is 23.6 Å². The van der Waals surface area contributed by atoms with Crippen LogP contribution in [-0.2, 0) is 21.4 Å². The van der Waals surface area contributed by atoms with Crippen LogP contribution in [0.3, 0.4) is 0 Å². The first-order valence-corrected chi connectivity index (χ1v) is 16.3. The Labute approximate surface area is 247 Å². The molecule has 0 saturated carbocycles. The van der Waals surface area contributed by atoms with Crippen LogP contribution in [0.4, 0.5) is 0 Å². The van der Waals surface area contributed by atoms with E-state index in [1.807, 2.05) is 54.6 Å². The quantitative estimate of drug-likeness (QED) is 0.257. The highest BCUT2D eigenvalue weighted by Gasteiger charge is 2.28. The highest BCUT2D eigenvalue weighted by Crippen LogP contribution is 2.34. The molecule has 4 aromatic rings. The lowest BCUT2D eigenvalue weighted by Crippen LogP contribution is -2.36. The Morgan fingerprint density at radius 3 is 2.45 bits per heavy atom. The minimum absolute atomic E-state index is 0.0312. The summed E-state index contributed by atoms with van der Waals surface area (Å²) in [6.45, 7) is 3.68. The number of carbonyl (C=O) groups is 1. The van der Waals surface area contributed by atoms with Crippen molar-refractivity contribution < 1.29 is 17.9 Å². The van der Waals surface area contributed by atoms with Gasteiger partial charge in [-0.25, -0.2) is 13.1 Å². The zero-order chi connectivity index (χ0) is 28.9. The average Bonchev–Trinajstić information content (AvgIpc) is 3.01. The number of amides is 1. The molecular weight excluding hydrogens is 546 g/mol. The van der Waals surface area contributed by atoms with Crippen LogP contribution in [0.2, 0.25) is 0 Å². The van der Waals surface area contributed by atoms with Crippen LogP contribution in [0, 0.1) is 0 Å². The van der Waals surface area contributed by atoms with Gasteiger partial charge in [-0.05, 0) is 66.0 Å². The second kappa shape index (κ2) is 12.7. The molecule has 0 aromatic heterocycles. The van der Waals surface area contributed by atoms with Crippen LogP contribution < -0.4 is 14.8 Å². The molecule has 0 bridgehead atoms. The Balaban J connectivity index is 1.17. The molecule has 0 unspecified atom stereocenters. The molecule has 2 aliphatic rings. The Kier molecular flexibility index (Phi) is 8.55. The summed E-state index contributed by atoms with van der Waals surface area (Å²) in [5.74, 6) is 0.595. The minimum atomic E-state index is -3.90. The Hall–Kier alpha value is -3.72. The summed E-state index contributed by atoms with van der Waals surface area (Å²) < 4.78 is 35.8. The first kappa shape index (κ1) is 28.4. The predicted octanol–water partition coefficient (Wildman–Crippen LogP) is 5.88. The van der Waals surface area contributed by atoms with Gasteiger partial charge in [0.2, 0.25) is 15.9 Å². The summed E-state index contributed by atoms with van der Waals surface area (Å²) in [6.07, 6.45) is 4.43. The van der Waals surface area contributed by atoms with Crippen LogP contribution in [-0.4, -0.2) is 38.9 Å². The number of fused-ring (bicyclic) bond motifs is 2. The van der Waals surface area contributed by atoms with Crippen molar-refractivity contribution >= 4 is 26.7 Å². The molecular formula is C34H37N3O4S. The summed E-state index contributed by atoms with van der Waals surface area (Å²) in [5.41, 5.74) is 2.91. The third kappa shape index (κ3) is 6.67. The van der Waals surface area contributed by atoms with Gasteiger partial charge >= 0.3 is 0 Å². The monoisotopic (exact) mass is 583 g/mol. The molecule has 1 amide bonds. The lowest BCUT2D eigenvalue weighted by molar-refractivity contribution is -0.122. The molecule has 2 aliphatic heterocycles. The largest absolute Gasteiger partial charge is 0.493 e. The van der Waals surface area contributed by atoms with Gasteiger partial charge in [0.25, 0.3) is 0 Å². The van der Waals surface area contributed by atoms with Gasteiger partial charge in [-0.3, -0.25) is 9.69 Å². The molecule has 0 spiro atoms. The normalized spacial score (nSPS) is 18.1. The van der Waals surface area contributed by atoms with Crippen LogP contribution in [0.25, 0.3) is 10.8 Å². The van der Waals surface area contributed by atoms with Crippen molar-refractivity contribution in [2.45, 2.75) is 55.6 Å². The van der Waals surface area contributed by atoms with Crippen LogP contribution in [0.1, 0.15) is 60.9 Å². The third-order valence-electron chi connectivity index (χ3n) is 8.23. The third-order valence-corrected chi connectivity index (χ3v) is 9.70. The molecule has 42 heavy (non-hydrogen) atoms. The Morgan fingerprint density at radius 2 is 1.64 bits per heavy atom. The van der Waals surface area contributed by atoms with Crippen molar-refractivity contribution in [3.63, 3.8) is 0 Å². The van der Waals surface area contributed by atoms with E-state index < -0.39 is 16.1 Å². The number of carbonyl (C=O) groups excluding carboxylic acids is 1. The maximum Gasteiger partial charge on any atom is 0.241 e. The van der Waals surface area contributed by atoms with Crippen molar-refractivity contribution in [3.05, 3.63) is 108 Å². The number of hydrogen-bond acceptors (Lipinski definition) is 5. The van der Waals surface area contributed by atoms with Crippen molar-refractivity contribution in [1.82, 2.24) is 14.9 Å². The number of sulfonamides is 1. The van der Waals surface area contributed by atoms with Crippen LogP contribution in [0.15, 0.2) is 95.9 Å². The lowest BCUT2D eigenvalue weighted by Gasteiger charge is -2.29. The fourth-order valence-corrected chi connectivity index (χ4v) is 7.26. The van der Waals surface area contributed by atoms with E-state index in [9.17, 15) is 13.2 Å². The van der Waals surface area contributed by atoms with Gasteiger partial charge in [0.15, 0.2) is 0 Å². The maximum absolute atomic E-state index is 13.5. The molecule has 2 N–H and O–H groups in total. The van der Waals surface area contributed by atoms with Gasteiger partial charge in [-0.15, -0.1) is 0 Å². The van der Waals surface area contributed by atoms with Crippen LogP contribution >= 0.6 is 0 Å². The Bertz CT molecular complexity index is 1650. The molecule has 218 valence electrons. The number of piperidine rings is 1. The van der Waals surface area contributed by atoms with Crippen molar-refractivity contribution in [2.75, 3.05) is 19.7 Å². The molecule has 6 rings (SSSR count). The van der Waals surface area contributed by atoms with Gasteiger partial charge in [-0.1, -0.05) is 79.2 Å². The summed E-state index contributed by atoms with van der Waals surface area (Å²) in [6, 6.07) is 27.3. The topological polar surface area (TPSA) is 87.7 Å². The predicted molar refractivity (Wildman–Crippen MR) is 165 cm³/mol. The molecule has 0 aliphatic carbocycles. The maximum atomic E-state index is 13.5. The van der Waals surface area contributed by atoms with Gasteiger partial charge in [0, 0.05) is 24.9 Å². The first-order valence-electron chi connectivity index (χ1n) is 14.8. The second-order valence-electron chi connectivity index (χ2n) is 11.3. The zero-order valence-corrected chi connectivity index (χ0v) is 24.5. The molecule has 7 nitrogen and oxygen atoms in total. The number of nitrogens with zero attached hydrogens (tertiary/aromatic N) is 1. The lowest BCUT2D eigenvalue weighted by atomic mass is 9.97. The molecule has 4 aromatic carbocycles. The second-order valence-corrected chi connectivity index (χ2v) is 13.0. The minimum Gasteiger partial charge on any atom is -0.493 e. The molecule has 2 heterocycles. The van der Waals surface area contributed by atoms with E-state index in [0.29, 0.717) is 13.0 Å². The van der Waals surface area contributed by atoms with Gasteiger partial charge in [0.1, 0.15) is 5.75 Å². The van der Waals surface area contributed by atoms with E-state index in [4.69, 9.17) is 4.74 Å². The van der Waals surface area contributed by atoms with E-state index in [1.165, 1.54) is 24.8 Å². The summed E-state index contributed by atoms with van der Waals surface area (Å²) in [5, 5.41) is 4.96. The summed E-state index contributed by atoms with van der Waals surface area (Å²) >= 11 is 0. The molecule has 2 atom stereocenters. The molecule has 8 heteroatoms. The SMILES string of the molecule is O=C(C[C@H](NS(=O)(=O)c1ccc2ccccc2c1)c1ccccc1)N[C@H]1CCOc2cc(CN3CCCCC3)ccc21. The highest BCUT2D eigenvalue weighted by atomic mass is 32.2. The fourth-order valence-electron chi connectivity index (χ4n) is 6.00. The standard InChI is InChI=1S/C34H37N3O4S/c38-34(35-31-17-20-41-33-21-25(13-16-30(31)33)24-37-18-7-2-8-19-37)23-32(27-10-3-1-4-11-27)36-42(39,40)29-15-14-26-9-5-6-12-28(26)22-29/h1,3-6,9-16,21-22,31-32,36H,2,7-8,17-20,23-24H2,(H,35,38)/t31-,32-/m0/s1. The summed E-state index contributed by atoms with van der Waals surface area (Å²) in [7, 11) is -3.90.